The lowest BCUT2D eigenvalue weighted by Gasteiger charge is -2.04. The van der Waals surface area contributed by atoms with Crippen molar-refractivity contribution < 1.29 is 9.53 Å². The Kier molecular flexibility index (Phi) is 4.21. The molecule has 0 radical (unpaired) electrons. The van der Waals surface area contributed by atoms with E-state index < -0.39 is 0 Å². The number of ether oxygens (including phenoxy) is 1. The maximum absolute atomic E-state index is 11.5. The maximum atomic E-state index is 11.5. The first kappa shape index (κ1) is 11.6. The molecule has 0 amide bonds. The topological polar surface area (TPSA) is 52.1 Å². The third-order valence-corrected chi connectivity index (χ3v) is 1.92. The molecule has 1 rings (SSSR count). The summed E-state index contributed by atoms with van der Waals surface area (Å²) in [5, 5.41) is 0. The van der Waals surface area contributed by atoms with Gasteiger partial charge in [0.1, 0.15) is 12.1 Å². The number of carbonyl (C=O) groups excluding carboxylic acids is 1. The lowest BCUT2D eigenvalue weighted by Crippen LogP contribution is -2.08. The number of hydrogen-bond acceptors (Lipinski definition) is 4. The normalized spacial score (nSPS) is 10.4. The van der Waals surface area contributed by atoms with E-state index in [0.717, 1.165) is 0 Å². The Morgan fingerprint density at radius 1 is 1.47 bits per heavy atom. The Balaban J connectivity index is 2.60. The SMILES string of the molecule is COc1cc(CC(=O)CC(C)C)ncn1. The highest BCUT2D eigenvalue weighted by Gasteiger charge is 2.08. The number of ketones is 1. The van der Waals surface area contributed by atoms with Gasteiger partial charge in [-0.05, 0) is 5.92 Å². The van der Waals surface area contributed by atoms with E-state index in [-0.39, 0.29) is 5.78 Å². The average Bonchev–Trinajstić information content (AvgIpc) is 2.16. The fraction of sp³-hybridized carbons (Fsp3) is 0.545. The Morgan fingerprint density at radius 2 is 2.20 bits per heavy atom. The van der Waals surface area contributed by atoms with Crippen molar-refractivity contribution in [3.8, 4) is 5.88 Å². The van der Waals surface area contributed by atoms with E-state index in [1.165, 1.54) is 6.33 Å². The molecule has 15 heavy (non-hydrogen) atoms. The minimum absolute atomic E-state index is 0.200. The third-order valence-electron chi connectivity index (χ3n) is 1.92. The fourth-order valence-corrected chi connectivity index (χ4v) is 1.31. The molecule has 1 aromatic rings. The summed E-state index contributed by atoms with van der Waals surface area (Å²) in [7, 11) is 1.54. The van der Waals surface area contributed by atoms with Crippen molar-refractivity contribution in [2.45, 2.75) is 26.7 Å². The van der Waals surface area contributed by atoms with Crippen LogP contribution in [0.2, 0.25) is 0 Å². The number of Topliss-reactive ketones (excluding diaryl/α,β-unsaturated/α-hetero) is 1. The van der Waals surface area contributed by atoms with Gasteiger partial charge in [0.05, 0.1) is 12.8 Å². The summed E-state index contributed by atoms with van der Waals surface area (Å²) in [5.74, 6) is 1.09. The summed E-state index contributed by atoms with van der Waals surface area (Å²) >= 11 is 0. The third kappa shape index (κ3) is 4.06. The Morgan fingerprint density at radius 3 is 2.80 bits per heavy atom. The molecule has 0 aliphatic rings. The van der Waals surface area contributed by atoms with Crippen LogP contribution in [0.15, 0.2) is 12.4 Å². The van der Waals surface area contributed by atoms with Crippen LogP contribution < -0.4 is 4.74 Å². The molecule has 0 bridgehead atoms. The van der Waals surface area contributed by atoms with Crippen molar-refractivity contribution in [1.82, 2.24) is 9.97 Å². The van der Waals surface area contributed by atoms with Gasteiger partial charge in [-0.3, -0.25) is 4.79 Å². The van der Waals surface area contributed by atoms with Crippen LogP contribution >= 0.6 is 0 Å². The predicted molar refractivity (Wildman–Crippen MR) is 56.8 cm³/mol. The molecular formula is C11H16N2O2. The van der Waals surface area contributed by atoms with Crippen molar-refractivity contribution in [3.63, 3.8) is 0 Å². The summed E-state index contributed by atoms with van der Waals surface area (Å²) in [4.78, 5) is 19.4. The second kappa shape index (κ2) is 5.44. The van der Waals surface area contributed by atoms with Gasteiger partial charge >= 0.3 is 0 Å². The number of hydrogen-bond donors (Lipinski definition) is 0. The Bertz CT molecular complexity index is 337. The van der Waals surface area contributed by atoms with E-state index in [1.807, 2.05) is 13.8 Å². The number of rotatable bonds is 5. The molecule has 4 nitrogen and oxygen atoms in total. The van der Waals surface area contributed by atoms with Crippen molar-refractivity contribution in [2.75, 3.05) is 7.11 Å². The standard InChI is InChI=1S/C11H16N2O2/c1-8(2)4-10(14)5-9-6-11(15-3)13-7-12-9/h6-8H,4-5H2,1-3H3. The van der Waals surface area contributed by atoms with Gasteiger partial charge in [-0.2, -0.15) is 0 Å². The quantitative estimate of drug-likeness (QED) is 0.738. The first-order chi connectivity index (χ1) is 7.11. The van der Waals surface area contributed by atoms with E-state index in [9.17, 15) is 4.79 Å². The summed E-state index contributed by atoms with van der Waals surface area (Å²) in [5.41, 5.74) is 0.715. The molecule has 0 saturated heterocycles. The van der Waals surface area contributed by atoms with Crippen LogP contribution in [0.1, 0.15) is 26.0 Å². The first-order valence-electron chi connectivity index (χ1n) is 4.98. The van der Waals surface area contributed by atoms with E-state index in [0.29, 0.717) is 30.3 Å². The van der Waals surface area contributed by atoms with Crippen LogP contribution in [0, 0.1) is 5.92 Å². The molecule has 0 saturated carbocycles. The predicted octanol–water partition coefficient (Wildman–Crippen LogP) is 1.64. The molecule has 0 aliphatic carbocycles. The first-order valence-corrected chi connectivity index (χ1v) is 4.98. The van der Waals surface area contributed by atoms with E-state index in [1.54, 1.807) is 13.2 Å². The van der Waals surface area contributed by atoms with Gasteiger partial charge in [0.2, 0.25) is 5.88 Å². The minimum atomic E-state index is 0.200. The molecule has 1 heterocycles. The average molecular weight is 208 g/mol. The molecule has 4 heteroatoms. The highest BCUT2D eigenvalue weighted by Crippen LogP contribution is 2.09. The van der Waals surface area contributed by atoms with Gasteiger partial charge in [0.25, 0.3) is 0 Å². The molecule has 1 aromatic heterocycles. The monoisotopic (exact) mass is 208 g/mol. The van der Waals surface area contributed by atoms with Gasteiger partial charge in [-0.1, -0.05) is 13.8 Å². The highest BCUT2D eigenvalue weighted by atomic mass is 16.5. The minimum Gasteiger partial charge on any atom is -0.481 e. The molecule has 0 unspecified atom stereocenters. The molecule has 0 spiro atoms. The molecule has 0 aromatic carbocycles. The Hall–Kier alpha value is -1.45. The van der Waals surface area contributed by atoms with Crippen LogP contribution in [-0.4, -0.2) is 22.9 Å². The highest BCUT2D eigenvalue weighted by molar-refractivity contribution is 5.80. The molecule has 0 fully saturated rings. The molecule has 0 aliphatic heterocycles. The van der Waals surface area contributed by atoms with E-state index >= 15 is 0 Å². The number of aromatic nitrogens is 2. The van der Waals surface area contributed by atoms with Crippen molar-refractivity contribution in [1.29, 1.82) is 0 Å². The van der Waals surface area contributed by atoms with Gasteiger partial charge in [0, 0.05) is 18.9 Å². The summed E-state index contributed by atoms with van der Waals surface area (Å²) in [6.45, 7) is 4.05. The zero-order valence-corrected chi connectivity index (χ0v) is 9.36. The zero-order valence-electron chi connectivity index (χ0n) is 9.36. The zero-order chi connectivity index (χ0) is 11.3. The van der Waals surface area contributed by atoms with E-state index in [2.05, 4.69) is 9.97 Å². The van der Waals surface area contributed by atoms with Crippen LogP contribution in [0.25, 0.3) is 0 Å². The Labute approximate surface area is 89.7 Å². The number of carbonyl (C=O) groups is 1. The molecule has 0 N–H and O–H groups in total. The van der Waals surface area contributed by atoms with Gasteiger partial charge in [-0.15, -0.1) is 0 Å². The summed E-state index contributed by atoms with van der Waals surface area (Å²) in [6.07, 6.45) is 2.36. The molecule has 0 atom stereocenters. The molecule has 82 valence electrons. The largest absolute Gasteiger partial charge is 0.481 e. The molecular weight excluding hydrogens is 192 g/mol. The summed E-state index contributed by atoms with van der Waals surface area (Å²) < 4.78 is 4.96. The lowest BCUT2D eigenvalue weighted by molar-refractivity contribution is -0.119. The second-order valence-corrected chi connectivity index (χ2v) is 3.87. The smallest absolute Gasteiger partial charge is 0.216 e. The fourth-order valence-electron chi connectivity index (χ4n) is 1.31. The van der Waals surface area contributed by atoms with Crippen LogP contribution in [-0.2, 0) is 11.2 Å². The second-order valence-electron chi connectivity index (χ2n) is 3.87. The van der Waals surface area contributed by atoms with Crippen molar-refractivity contribution in [3.05, 3.63) is 18.1 Å². The van der Waals surface area contributed by atoms with E-state index in [4.69, 9.17) is 4.74 Å². The maximum Gasteiger partial charge on any atom is 0.216 e. The number of nitrogens with zero attached hydrogens (tertiary/aromatic N) is 2. The lowest BCUT2D eigenvalue weighted by atomic mass is 10.0. The van der Waals surface area contributed by atoms with Crippen molar-refractivity contribution in [2.24, 2.45) is 5.92 Å². The number of methoxy groups -OCH3 is 1. The summed E-state index contributed by atoms with van der Waals surface area (Å²) in [6, 6.07) is 1.69. The van der Waals surface area contributed by atoms with Crippen LogP contribution in [0.5, 0.6) is 5.88 Å². The van der Waals surface area contributed by atoms with Crippen molar-refractivity contribution >= 4 is 5.78 Å². The van der Waals surface area contributed by atoms with Gasteiger partial charge in [0.15, 0.2) is 0 Å². The van der Waals surface area contributed by atoms with Crippen LogP contribution in [0.4, 0.5) is 0 Å². The van der Waals surface area contributed by atoms with Gasteiger partial charge < -0.3 is 4.74 Å². The van der Waals surface area contributed by atoms with Gasteiger partial charge in [-0.25, -0.2) is 9.97 Å². The van der Waals surface area contributed by atoms with Crippen LogP contribution in [0.3, 0.4) is 0 Å².